The standard InChI is InChI=1S/C11H13Cl2N/c1-10(2)6-11(10,14)9-7(12)4-3-5-8(9)13/h3-5H,6,14H2,1-2H3. The molecule has 1 aromatic carbocycles. The molecule has 2 rings (SSSR count). The van der Waals surface area contributed by atoms with Crippen molar-refractivity contribution >= 4 is 23.2 Å². The third-order valence-electron chi connectivity index (χ3n) is 3.21. The highest BCUT2D eigenvalue weighted by molar-refractivity contribution is 6.36. The molecule has 1 aliphatic carbocycles. The molecule has 0 aliphatic heterocycles. The number of halogens is 2. The van der Waals surface area contributed by atoms with E-state index in [4.69, 9.17) is 28.9 Å². The number of rotatable bonds is 1. The van der Waals surface area contributed by atoms with E-state index in [1.165, 1.54) is 0 Å². The lowest BCUT2D eigenvalue weighted by Gasteiger charge is -2.18. The maximum Gasteiger partial charge on any atom is 0.0497 e. The lowest BCUT2D eigenvalue weighted by molar-refractivity contribution is 0.510. The average molecular weight is 230 g/mol. The van der Waals surface area contributed by atoms with Gasteiger partial charge in [-0.15, -0.1) is 0 Å². The number of hydrogen-bond donors (Lipinski definition) is 1. The molecule has 1 unspecified atom stereocenters. The van der Waals surface area contributed by atoms with E-state index in [1.54, 1.807) is 0 Å². The van der Waals surface area contributed by atoms with Crippen molar-refractivity contribution in [3.63, 3.8) is 0 Å². The highest BCUT2D eigenvalue weighted by atomic mass is 35.5. The largest absolute Gasteiger partial charge is 0.321 e. The van der Waals surface area contributed by atoms with Crippen LogP contribution in [-0.2, 0) is 5.54 Å². The van der Waals surface area contributed by atoms with Crippen molar-refractivity contribution in [2.75, 3.05) is 0 Å². The van der Waals surface area contributed by atoms with Gasteiger partial charge in [0.25, 0.3) is 0 Å². The van der Waals surface area contributed by atoms with Crippen LogP contribution in [0.3, 0.4) is 0 Å². The second-order valence-electron chi connectivity index (χ2n) is 4.63. The Morgan fingerprint density at radius 1 is 1.21 bits per heavy atom. The van der Waals surface area contributed by atoms with Gasteiger partial charge < -0.3 is 5.73 Å². The minimum absolute atomic E-state index is 0.0988. The van der Waals surface area contributed by atoms with E-state index < -0.39 is 0 Å². The summed E-state index contributed by atoms with van der Waals surface area (Å²) in [4.78, 5) is 0. The van der Waals surface area contributed by atoms with Crippen LogP contribution in [0, 0.1) is 5.41 Å². The lowest BCUT2D eigenvalue weighted by atomic mass is 9.97. The van der Waals surface area contributed by atoms with E-state index in [2.05, 4.69) is 13.8 Å². The van der Waals surface area contributed by atoms with Crippen LogP contribution in [0.5, 0.6) is 0 Å². The first-order chi connectivity index (χ1) is 6.38. The fourth-order valence-electron chi connectivity index (χ4n) is 2.00. The Morgan fingerprint density at radius 2 is 1.64 bits per heavy atom. The Morgan fingerprint density at radius 3 is 2.00 bits per heavy atom. The van der Waals surface area contributed by atoms with Gasteiger partial charge in [-0.05, 0) is 24.0 Å². The topological polar surface area (TPSA) is 26.0 Å². The quantitative estimate of drug-likeness (QED) is 0.783. The summed E-state index contributed by atoms with van der Waals surface area (Å²) in [7, 11) is 0. The van der Waals surface area contributed by atoms with Gasteiger partial charge in [0, 0.05) is 21.1 Å². The fraction of sp³-hybridized carbons (Fsp3) is 0.455. The normalized spacial score (nSPS) is 28.9. The van der Waals surface area contributed by atoms with Crippen LogP contribution in [0.15, 0.2) is 18.2 Å². The molecule has 14 heavy (non-hydrogen) atoms. The highest BCUT2D eigenvalue weighted by Crippen LogP contribution is 2.62. The minimum atomic E-state index is -0.345. The molecular formula is C11H13Cl2N. The minimum Gasteiger partial charge on any atom is -0.321 e. The van der Waals surface area contributed by atoms with Gasteiger partial charge >= 0.3 is 0 Å². The third kappa shape index (κ3) is 1.27. The predicted molar refractivity (Wildman–Crippen MR) is 60.7 cm³/mol. The molecule has 1 nitrogen and oxygen atoms in total. The zero-order valence-electron chi connectivity index (χ0n) is 8.27. The fourth-order valence-corrected chi connectivity index (χ4v) is 2.74. The van der Waals surface area contributed by atoms with Gasteiger partial charge in [-0.2, -0.15) is 0 Å². The molecule has 2 N–H and O–H groups in total. The number of hydrogen-bond acceptors (Lipinski definition) is 1. The van der Waals surface area contributed by atoms with Gasteiger partial charge in [0.05, 0.1) is 0 Å². The average Bonchev–Trinajstić information content (AvgIpc) is 2.50. The van der Waals surface area contributed by atoms with Gasteiger partial charge in [0.15, 0.2) is 0 Å². The van der Waals surface area contributed by atoms with Crippen molar-refractivity contribution in [3.05, 3.63) is 33.8 Å². The molecule has 0 aromatic heterocycles. The summed E-state index contributed by atoms with van der Waals surface area (Å²) in [6.45, 7) is 4.26. The predicted octanol–water partition coefficient (Wildman–Crippen LogP) is 3.58. The molecule has 0 spiro atoms. The van der Waals surface area contributed by atoms with Crippen molar-refractivity contribution in [2.45, 2.75) is 25.8 Å². The van der Waals surface area contributed by atoms with Gasteiger partial charge in [0.2, 0.25) is 0 Å². The van der Waals surface area contributed by atoms with E-state index in [-0.39, 0.29) is 11.0 Å². The summed E-state index contributed by atoms with van der Waals surface area (Å²) in [5, 5.41) is 1.34. The highest BCUT2D eigenvalue weighted by Gasteiger charge is 2.60. The van der Waals surface area contributed by atoms with Gasteiger partial charge in [0.1, 0.15) is 0 Å². The molecule has 1 fully saturated rings. The Labute approximate surface area is 94.2 Å². The Kier molecular flexibility index (Phi) is 2.11. The summed E-state index contributed by atoms with van der Waals surface area (Å²) in [5.41, 5.74) is 6.93. The molecule has 0 radical (unpaired) electrons. The third-order valence-corrected chi connectivity index (χ3v) is 3.84. The molecule has 3 heteroatoms. The molecular weight excluding hydrogens is 217 g/mol. The lowest BCUT2D eigenvalue weighted by Crippen LogP contribution is -2.26. The Hall–Kier alpha value is -0.240. The monoisotopic (exact) mass is 229 g/mol. The molecule has 1 atom stereocenters. The maximum absolute atomic E-state index is 6.28. The second kappa shape index (κ2) is 2.88. The smallest absolute Gasteiger partial charge is 0.0497 e. The summed E-state index contributed by atoms with van der Waals surface area (Å²) in [5.74, 6) is 0. The van der Waals surface area contributed by atoms with Crippen molar-refractivity contribution in [3.8, 4) is 0 Å². The zero-order chi connectivity index (χ0) is 10.6. The van der Waals surface area contributed by atoms with Crippen LogP contribution in [0.1, 0.15) is 25.8 Å². The van der Waals surface area contributed by atoms with E-state index in [1.807, 2.05) is 18.2 Å². The first-order valence-corrected chi connectivity index (χ1v) is 5.37. The van der Waals surface area contributed by atoms with Gasteiger partial charge in [-0.1, -0.05) is 43.1 Å². The SMILES string of the molecule is CC1(C)CC1(N)c1c(Cl)cccc1Cl. The van der Waals surface area contributed by atoms with Crippen LogP contribution >= 0.6 is 23.2 Å². The molecule has 0 amide bonds. The van der Waals surface area contributed by atoms with E-state index in [0.717, 1.165) is 12.0 Å². The van der Waals surface area contributed by atoms with Crippen LogP contribution < -0.4 is 5.73 Å². The second-order valence-corrected chi connectivity index (χ2v) is 5.44. The van der Waals surface area contributed by atoms with Crippen LogP contribution in [0.2, 0.25) is 10.0 Å². The zero-order valence-corrected chi connectivity index (χ0v) is 9.78. The maximum atomic E-state index is 6.28. The molecule has 1 aromatic rings. The van der Waals surface area contributed by atoms with Crippen molar-refractivity contribution in [1.82, 2.24) is 0 Å². The molecule has 0 saturated heterocycles. The first kappa shape index (κ1) is 10.3. The summed E-state index contributed by atoms with van der Waals surface area (Å²) in [6.07, 6.45) is 0.934. The Bertz CT molecular complexity index is 367. The van der Waals surface area contributed by atoms with E-state index in [9.17, 15) is 0 Å². The van der Waals surface area contributed by atoms with Gasteiger partial charge in [-0.3, -0.25) is 0 Å². The van der Waals surface area contributed by atoms with Crippen molar-refractivity contribution in [2.24, 2.45) is 11.1 Å². The number of benzene rings is 1. The molecule has 0 heterocycles. The van der Waals surface area contributed by atoms with Crippen LogP contribution in [0.4, 0.5) is 0 Å². The van der Waals surface area contributed by atoms with E-state index in [0.29, 0.717) is 10.0 Å². The van der Waals surface area contributed by atoms with Crippen LogP contribution in [0.25, 0.3) is 0 Å². The summed E-state index contributed by atoms with van der Waals surface area (Å²) < 4.78 is 0. The molecule has 76 valence electrons. The first-order valence-electron chi connectivity index (χ1n) is 4.62. The molecule has 1 saturated carbocycles. The summed E-state index contributed by atoms with van der Waals surface area (Å²) in [6, 6.07) is 5.52. The van der Waals surface area contributed by atoms with Gasteiger partial charge in [-0.25, -0.2) is 0 Å². The van der Waals surface area contributed by atoms with Crippen molar-refractivity contribution in [1.29, 1.82) is 0 Å². The molecule has 1 aliphatic rings. The van der Waals surface area contributed by atoms with Crippen molar-refractivity contribution < 1.29 is 0 Å². The molecule has 0 bridgehead atoms. The van der Waals surface area contributed by atoms with Crippen LogP contribution in [-0.4, -0.2) is 0 Å². The van der Waals surface area contributed by atoms with E-state index >= 15 is 0 Å². The summed E-state index contributed by atoms with van der Waals surface area (Å²) >= 11 is 12.2. The Balaban J connectivity index is 2.54. The number of nitrogens with two attached hydrogens (primary N) is 1.